The summed E-state index contributed by atoms with van der Waals surface area (Å²) in [6.45, 7) is 6.40. The molecule has 13 heavy (non-hydrogen) atoms. The molecule has 0 aliphatic carbocycles. The van der Waals surface area contributed by atoms with Gasteiger partial charge in [0.1, 0.15) is 0 Å². The Hall–Kier alpha value is -0.820. The number of rotatable bonds is 3. The van der Waals surface area contributed by atoms with Gasteiger partial charge in [-0.15, -0.1) is 0 Å². The lowest BCUT2D eigenvalue weighted by Gasteiger charge is -2.09. The minimum absolute atomic E-state index is 0.305. The Kier molecular flexibility index (Phi) is 3.49. The molecule has 0 aliphatic heterocycles. The van der Waals surface area contributed by atoms with E-state index in [-0.39, 0.29) is 0 Å². The number of nitrogens with two attached hydrogens (primary N) is 1. The van der Waals surface area contributed by atoms with E-state index in [0.717, 1.165) is 12.8 Å². The number of aryl methyl sites for hydroxylation is 2. The van der Waals surface area contributed by atoms with Crippen LogP contribution < -0.4 is 5.73 Å². The summed E-state index contributed by atoms with van der Waals surface area (Å²) in [6.07, 6.45) is 2.18. The molecule has 0 radical (unpaired) electrons. The second-order valence-electron chi connectivity index (χ2n) is 3.87. The first-order chi connectivity index (χ1) is 6.11. The second-order valence-corrected chi connectivity index (χ2v) is 3.87. The average Bonchev–Trinajstić information content (AvgIpc) is 2.07. The van der Waals surface area contributed by atoms with Gasteiger partial charge in [0.25, 0.3) is 0 Å². The van der Waals surface area contributed by atoms with Gasteiger partial charge >= 0.3 is 0 Å². The molecule has 0 saturated heterocycles. The van der Waals surface area contributed by atoms with Crippen molar-refractivity contribution in [2.45, 2.75) is 39.7 Å². The lowest BCUT2D eigenvalue weighted by molar-refractivity contribution is 0.664. The van der Waals surface area contributed by atoms with Crippen molar-refractivity contribution >= 4 is 0 Å². The predicted octanol–water partition coefficient (Wildman–Crippen LogP) is 2.58. The Labute approximate surface area is 81.0 Å². The highest BCUT2D eigenvalue weighted by molar-refractivity contribution is 5.33. The molecular formula is C12H19N. The van der Waals surface area contributed by atoms with Gasteiger partial charge in [-0.25, -0.2) is 0 Å². The van der Waals surface area contributed by atoms with Crippen LogP contribution in [0.3, 0.4) is 0 Å². The van der Waals surface area contributed by atoms with E-state index in [2.05, 4.69) is 39.0 Å². The molecule has 1 rings (SSSR count). The van der Waals surface area contributed by atoms with Crippen LogP contribution >= 0.6 is 0 Å². The Bertz CT molecular complexity index is 276. The summed E-state index contributed by atoms with van der Waals surface area (Å²) in [7, 11) is 0. The van der Waals surface area contributed by atoms with Crippen LogP contribution in [0, 0.1) is 13.8 Å². The molecule has 1 nitrogen and oxygen atoms in total. The molecule has 72 valence electrons. The van der Waals surface area contributed by atoms with Crippen molar-refractivity contribution < 1.29 is 0 Å². The van der Waals surface area contributed by atoms with Gasteiger partial charge in [-0.2, -0.15) is 0 Å². The first-order valence-corrected chi connectivity index (χ1v) is 4.92. The van der Waals surface area contributed by atoms with Crippen LogP contribution in [0.15, 0.2) is 18.2 Å². The van der Waals surface area contributed by atoms with E-state index in [1.54, 1.807) is 0 Å². The van der Waals surface area contributed by atoms with E-state index in [0.29, 0.717) is 6.04 Å². The number of benzene rings is 1. The van der Waals surface area contributed by atoms with Crippen LogP contribution in [0.25, 0.3) is 0 Å². The summed E-state index contributed by atoms with van der Waals surface area (Å²) in [4.78, 5) is 0. The topological polar surface area (TPSA) is 26.0 Å². The van der Waals surface area contributed by atoms with Crippen molar-refractivity contribution in [1.29, 1.82) is 0 Å². The first-order valence-electron chi connectivity index (χ1n) is 4.92. The minimum Gasteiger partial charge on any atom is -0.328 e. The monoisotopic (exact) mass is 177 g/mol. The lowest BCUT2D eigenvalue weighted by atomic mass is 9.98. The average molecular weight is 177 g/mol. The molecule has 1 aromatic carbocycles. The quantitative estimate of drug-likeness (QED) is 0.754. The molecule has 1 aromatic rings. The van der Waals surface area contributed by atoms with E-state index in [1.807, 2.05) is 0 Å². The van der Waals surface area contributed by atoms with Gasteiger partial charge in [0.2, 0.25) is 0 Å². The summed E-state index contributed by atoms with van der Waals surface area (Å²) in [5.74, 6) is 0. The molecule has 0 amide bonds. The normalized spacial score (nSPS) is 12.9. The standard InChI is InChI=1S/C12H19N/c1-9-5-4-6-12(11(9)3)8-7-10(2)13/h4-6,10H,7-8,13H2,1-3H3. The molecule has 1 heteroatoms. The van der Waals surface area contributed by atoms with Crippen LogP contribution in [0.2, 0.25) is 0 Å². The minimum atomic E-state index is 0.305. The Morgan fingerprint density at radius 3 is 2.62 bits per heavy atom. The van der Waals surface area contributed by atoms with Crippen molar-refractivity contribution in [1.82, 2.24) is 0 Å². The first kappa shape index (κ1) is 10.3. The zero-order chi connectivity index (χ0) is 9.84. The van der Waals surface area contributed by atoms with Crippen LogP contribution in [0.5, 0.6) is 0 Å². The third kappa shape index (κ3) is 2.85. The van der Waals surface area contributed by atoms with Gasteiger partial charge in [-0.3, -0.25) is 0 Å². The van der Waals surface area contributed by atoms with Crippen LogP contribution in [-0.4, -0.2) is 6.04 Å². The van der Waals surface area contributed by atoms with Gasteiger partial charge in [0.05, 0.1) is 0 Å². The van der Waals surface area contributed by atoms with Crippen LogP contribution in [-0.2, 0) is 6.42 Å². The summed E-state index contributed by atoms with van der Waals surface area (Å²) >= 11 is 0. The molecule has 0 saturated carbocycles. The van der Waals surface area contributed by atoms with Crippen LogP contribution in [0.4, 0.5) is 0 Å². The summed E-state index contributed by atoms with van der Waals surface area (Å²) < 4.78 is 0. The Morgan fingerprint density at radius 2 is 2.00 bits per heavy atom. The zero-order valence-electron chi connectivity index (χ0n) is 8.80. The van der Waals surface area contributed by atoms with Gasteiger partial charge in [-0.1, -0.05) is 18.2 Å². The molecule has 0 spiro atoms. The second kappa shape index (κ2) is 4.43. The molecule has 0 heterocycles. The number of hydrogen-bond donors (Lipinski definition) is 1. The SMILES string of the molecule is Cc1cccc(CCC(C)N)c1C. The molecular weight excluding hydrogens is 158 g/mol. The largest absolute Gasteiger partial charge is 0.328 e. The van der Waals surface area contributed by atoms with Crippen molar-refractivity contribution in [3.05, 3.63) is 34.9 Å². The fourth-order valence-corrected chi connectivity index (χ4v) is 1.47. The van der Waals surface area contributed by atoms with E-state index < -0.39 is 0 Å². The van der Waals surface area contributed by atoms with Crippen molar-refractivity contribution in [3.63, 3.8) is 0 Å². The highest BCUT2D eigenvalue weighted by Gasteiger charge is 2.01. The molecule has 2 N–H and O–H groups in total. The highest BCUT2D eigenvalue weighted by Crippen LogP contribution is 2.14. The van der Waals surface area contributed by atoms with Crippen molar-refractivity contribution in [2.24, 2.45) is 5.73 Å². The highest BCUT2D eigenvalue weighted by atomic mass is 14.6. The zero-order valence-corrected chi connectivity index (χ0v) is 8.80. The van der Waals surface area contributed by atoms with Crippen LogP contribution in [0.1, 0.15) is 30.0 Å². The fraction of sp³-hybridized carbons (Fsp3) is 0.500. The van der Waals surface area contributed by atoms with Gasteiger partial charge < -0.3 is 5.73 Å². The Morgan fingerprint density at radius 1 is 1.31 bits per heavy atom. The molecule has 0 aliphatic rings. The maximum atomic E-state index is 5.73. The van der Waals surface area contributed by atoms with Gasteiger partial charge in [-0.05, 0) is 50.3 Å². The van der Waals surface area contributed by atoms with Crippen molar-refractivity contribution in [2.75, 3.05) is 0 Å². The number of hydrogen-bond acceptors (Lipinski definition) is 1. The third-order valence-corrected chi connectivity index (χ3v) is 2.59. The lowest BCUT2D eigenvalue weighted by Crippen LogP contribution is -2.15. The molecule has 0 fully saturated rings. The molecule has 1 atom stereocenters. The van der Waals surface area contributed by atoms with Gasteiger partial charge in [0.15, 0.2) is 0 Å². The van der Waals surface area contributed by atoms with Gasteiger partial charge in [0, 0.05) is 6.04 Å². The summed E-state index contributed by atoms with van der Waals surface area (Å²) in [5.41, 5.74) is 9.97. The Balaban J connectivity index is 2.71. The summed E-state index contributed by atoms with van der Waals surface area (Å²) in [5, 5.41) is 0. The van der Waals surface area contributed by atoms with E-state index in [9.17, 15) is 0 Å². The maximum absolute atomic E-state index is 5.73. The maximum Gasteiger partial charge on any atom is 0.00136 e. The van der Waals surface area contributed by atoms with Crippen molar-refractivity contribution in [3.8, 4) is 0 Å². The van der Waals surface area contributed by atoms with E-state index in [4.69, 9.17) is 5.73 Å². The van der Waals surface area contributed by atoms with E-state index in [1.165, 1.54) is 16.7 Å². The third-order valence-electron chi connectivity index (χ3n) is 2.59. The van der Waals surface area contributed by atoms with E-state index >= 15 is 0 Å². The smallest absolute Gasteiger partial charge is 0.00136 e. The molecule has 0 bridgehead atoms. The fourth-order valence-electron chi connectivity index (χ4n) is 1.47. The molecule has 0 aromatic heterocycles. The summed E-state index contributed by atoms with van der Waals surface area (Å²) in [6, 6.07) is 6.79. The molecule has 1 unspecified atom stereocenters. The predicted molar refractivity (Wildman–Crippen MR) is 57.9 cm³/mol.